The Morgan fingerprint density at radius 2 is 1.73 bits per heavy atom. The smallest absolute Gasteiger partial charge is 0.266 e. The van der Waals surface area contributed by atoms with Gasteiger partial charge < -0.3 is 24.1 Å². The molecule has 4 aromatic rings. The number of hydrogen-bond acceptors (Lipinski definition) is 8. The first kappa shape index (κ1) is 34.7. The molecule has 1 aliphatic heterocycles. The van der Waals surface area contributed by atoms with Crippen molar-refractivity contribution in [3.05, 3.63) is 130 Å². The summed E-state index contributed by atoms with van der Waals surface area (Å²) in [4.78, 5) is 19.5. The predicted octanol–water partition coefficient (Wildman–Crippen LogP) is 6.45. The Morgan fingerprint density at radius 1 is 0.979 bits per heavy atom. The van der Waals surface area contributed by atoms with Crippen molar-refractivity contribution < 1.29 is 28.8 Å². The molecule has 0 saturated carbocycles. The highest BCUT2D eigenvalue weighted by Crippen LogP contribution is 2.45. The van der Waals surface area contributed by atoms with Crippen LogP contribution < -0.4 is 25.1 Å². The van der Waals surface area contributed by atoms with Gasteiger partial charge in [-0.3, -0.25) is 10.2 Å². The molecule has 0 aliphatic carbocycles. The van der Waals surface area contributed by atoms with Crippen LogP contribution >= 0.6 is 15.9 Å². The summed E-state index contributed by atoms with van der Waals surface area (Å²) in [5.41, 5.74) is 8.26. The summed E-state index contributed by atoms with van der Waals surface area (Å²) >= 11 is 3.69. The standard InChI is InChI=1S/C38H40BrN3O6/c1-45-33-20-15-28(26-34(33)46-2)21-23-40-42-37(44)38(22-8-12-27-10-4-3-5-11-27)35(31-13-6-7-14-32(31)39)48-36(41-38)29-16-18-30(19-17-29)47-25-9-24-43/h3-8,10-20,26,35,40,43H,9,21-25H2,1-2H3,(H,42,44)/b12-8+/t35-,38-/m0/s1. The minimum atomic E-state index is -1.35. The van der Waals surface area contributed by atoms with Crippen molar-refractivity contribution in [1.82, 2.24) is 10.9 Å². The summed E-state index contributed by atoms with van der Waals surface area (Å²) < 4.78 is 23.9. The van der Waals surface area contributed by atoms with E-state index < -0.39 is 11.6 Å². The molecule has 0 spiro atoms. The van der Waals surface area contributed by atoms with Crippen LogP contribution in [0.5, 0.6) is 17.2 Å². The van der Waals surface area contributed by atoms with E-state index in [2.05, 4.69) is 26.8 Å². The molecule has 3 N–H and O–H groups in total. The Kier molecular flexibility index (Phi) is 12.3. The molecule has 10 heteroatoms. The number of carbonyl (C=O) groups is 1. The molecule has 1 amide bonds. The minimum absolute atomic E-state index is 0.0626. The van der Waals surface area contributed by atoms with Crippen molar-refractivity contribution >= 4 is 33.8 Å². The van der Waals surface area contributed by atoms with Crippen LogP contribution in [0.3, 0.4) is 0 Å². The molecule has 0 unspecified atom stereocenters. The van der Waals surface area contributed by atoms with Crippen molar-refractivity contribution in [2.75, 3.05) is 34.0 Å². The number of aliphatic imine (C=N–C) groups is 1. The van der Waals surface area contributed by atoms with Crippen LogP contribution in [-0.4, -0.2) is 56.4 Å². The van der Waals surface area contributed by atoms with Crippen molar-refractivity contribution in [2.24, 2.45) is 4.99 Å². The minimum Gasteiger partial charge on any atom is -0.494 e. The number of benzene rings is 4. The molecule has 4 aromatic carbocycles. The van der Waals surface area contributed by atoms with Gasteiger partial charge in [0.25, 0.3) is 5.91 Å². The normalized spacial score (nSPS) is 17.1. The lowest BCUT2D eigenvalue weighted by Gasteiger charge is -2.30. The topological polar surface area (TPSA) is 111 Å². The van der Waals surface area contributed by atoms with Gasteiger partial charge in [-0.05, 0) is 60.0 Å². The van der Waals surface area contributed by atoms with E-state index in [9.17, 15) is 4.79 Å². The second-order valence-corrected chi connectivity index (χ2v) is 12.0. The number of nitrogens with zero attached hydrogens (tertiary/aromatic N) is 1. The molecule has 1 heterocycles. The summed E-state index contributed by atoms with van der Waals surface area (Å²) in [6, 6.07) is 30.8. The van der Waals surface area contributed by atoms with Gasteiger partial charge in [-0.25, -0.2) is 10.4 Å². The Bertz CT molecular complexity index is 1710. The van der Waals surface area contributed by atoms with Crippen LogP contribution in [0.2, 0.25) is 0 Å². The average Bonchev–Trinajstić information content (AvgIpc) is 3.51. The van der Waals surface area contributed by atoms with E-state index in [0.29, 0.717) is 54.7 Å². The molecule has 5 rings (SSSR count). The quantitative estimate of drug-likeness (QED) is 0.0904. The van der Waals surface area contributed by atoms with Gasteiger partial charge in [-0.2, -0.15) is 0 Å². The maximum Gasteiger partial charge on any atom is 0.266 e. The van der Waals surface area contributed by atoms with Gasteiger partial charge in [0.15, 0.2) is 23.1 Å². The van der Waals surface area contributed by atoms with Crippen LogP contribution in [0, 0.1) is 0 Å². The van der Waals surface area contributed by atoms with Gasteiger partial charge in [0.1, 0.15) is 5.75 Å². The second kappa shape index (κ2) is 17.0. The van der Waals surface area contributed by atoms with E-state index in [1.165, 1.54) is 0 Å². The Hall–Kier alpha value is -4.64. The number of ether oxygens (including phenoxy) is 4. The first-order chi connectivity index (χ1) is 23.5. The maximum absolute atomic E-state index is 14.4. The molecule has 0 saturated heterocycles. The molecule has 0 aromatic heterocycles. The zero-order chi connectivity index (χ0) is 33.8. The predicted molar refractivity (Wildman–Crippen MR) is 190 cm³/mol. The summed E-state index contributed by atoms with van der Waals surface area (Å²) in [7, 11) is 3.21. The largest absolute Gasteiger partial charge is 0.494 e. The first-order valence-corrected chi connectivity index (χ1v) is 16.6. The van der Waals surface area contributed by atoms with Crippen LogP contribution in [-0.2, 0) is 16.0 Å². The highest BCUT2D eigenvalue weighted by molar-refractivity contribution is 9.10. The van der Waals surface area contributed by atoms with Crippen LogP contribution in [0.4, 0.5) is 0 Å². The van der Waals surface area contributed by atoms with E-state index in [1.54, 1.807) is 14.2 Å². The SMILES string of the molecule is COc1ccc(CCNNC(=O)[C@@]2(C/C=C/c3ccccc3)N=C(c3ccc(OCCCO)cc3)O[C@H]2c2ccccc2Br)cc1OC. The number of rotatable bonds is 16. The maximum atomic E-state index is 14.4. The fourth-order valence-corrected chi connectivity index (χ4v) is 5.91. The third-order valence-electron chi connectivity index (χ3n) is 7.95. The number of aliphatic hydroxyl groups is 1. The van der Waals surface area contributed by atoms with Crippen molar-refractivity contribution in [2.45, 2.75) is 30.9 Å². The average molecular weight is 715 g/mol. The number of hydrogen-bond donors (Lipinski definition) is 3. The summed E-state index contributed by atoms with van der Waals surface area (Å²) in [6.07, 6.45) is 4.66. The molecule has 2 atom stereocenters. The number of hydrazine groups is 1. The molecule has 0 bridgehead atoms. The molecule has 0 fully saturated rings. The Balaban J connectivity index is 1.44. The zero-order valence-corrected chi connectivity index (χ0v) is 28.6. The summed E-state index contributed by atoms with van der Waals surface area (Å²) in [5.74, 6) is 2.00. The molecule has 250 valence electrons. The lowest BCUT2D eigenvalue weighted by Crippen LogP contribution is -2.52. The number of nitrogens with one attached hydrogen (secondary N) is 2. The van der Waals surface area contributed by atoms with Crippen molar-refractivity contribution in [3.8, 4) is 17.2 Å². The Morgan fingerprint density at radius 3 is 2.46 bits per heavy atom. The molecular weight excluding hydrogens is 674 g/mol. The highest BCUT2D eigenvalue weighted by atomic mass is 79.9. The van der Waals surface area contributed by atoms with E-state index in [0.717, 1.165) is 21.2 Å². The van der Waals surface area contributed by atoms with Gasteiger partial charge in [-0.15, -0.1) is 0 Å². The molecule has 0 radical (unpaired) electrons. The van der Waals surface area contributed by atoms with Crippen LogP contribution in [0.25, 0.3) is 6.08 Å². The number of methoxy groups -OCH3 is 2. The van der Waals surface area contributed by atoms with Crippen molar-refractivity contribution in [3.63, 3.8) is 0 Å². The monoisotopic (exact) mass is 713 g/mol. The van der Waals surface area contributed by atoms with Crippen LogP contribution in [0.15, 0.2) is 113 Å². The van der Waals surface area contributed by atoms with E-state index in [4.69, 9.17) is 29.0 Å². The van der Waals surface area contributed by atoms with E-state index in [-0.39, 0.29) is 18.9 Å². The lowest BCUT2D eigenvalue weighted by atomic mass is 9.84. The van der Waals surface area contributed by atoms with Gasteiger partial charge in [0, 0.05) is 41.6 Å². The van der Waals surface area contributed by atoms with Crippen LogP contribution in [0.1, 0.15) is 41.2 Å². The lowest BCUT2D eigenvalue weighted by molar-refractivity contribution is -0.129. The number of aliphatic hydroxyl groups excluding tert-OH is 1. The molecule has 9 nitrogen and oxygen atoms in total. The number of carbonyl (C=O) groups excluding carboxylic acids is 1. The molecule has 48 heavy (non-hydrogen) atoms. The van der Waals surface area contributed by atoms with E-state index in [1.807, 2.05) is 109 Å². The zero-order valence-electron chi connectivity index (χ0n) is 27.0. The summed E-state index contributed by atoms with van der Waals surface area (Å²) in [5, 5.41) is 9.08. The summed E-state index contributed by atoms with van der Waals surface area (Å²) in [6.45, 7) is 0.937. The van der Waals surface area contributed by atoms with Crippen molar-refractivity contribution in [1.29, 1.82) is 0 Å². The number of halogens is 1. The fraction of sp³-hybridized carbons (Fsp3) is 0.263. The fourth-order valence-electron chi connectivity index (χ4n) is 5.41. The van der Waals surface area contributed by atoms with Gasteiger partial charge in [0.05, 0.1) is 20.8 Å². The second-order valence-electron chi connectivity index (χ2n) is 11.1. The highest BCUT2D eigenvalue weighted by Gasteiger charge is 2.53. The van der Waals surface area contributed by atoms with Gasteiger partial charge in [0.2, 0.25) is 5.90 Å². The number of amides is 1. The van der Waals surface area contributed by atoms with Gasteiger partial charge >= 0.3 is 0 Å². The Labute approximate surface area is 289 Å². The third kappa shape index (κ3) is 8.44. The third-order valence-corrected chi connectivity index (χ3v) is 8.67. The van der Waals surface area contributed by atoms with E-state index >= 15 is 0 Å². The molecular formula is C38H40BrN3O6. The van der Waals surface area contributed by atoms with Gasteiger partial charge in [-0.1, -0.05) is 82.7 Å². The first-order valence-electron chi connectivity index (χ1n) is 15.8. The molecule has 1 aliphatic rings.